The number of isothiocyanates is 1. The van der Waals surface area contributed by atoms with Gasteiger partial charge in [-0.25, -0.2) is 0 Å². The molecule has 8 heteroatoms. The van der Waals surface area contributed by atoms with E-state index < -0.39 is 36.9 Å². The maximum absolute atomic E-state index is 9.58. The lowest BCUT2D eigenvalue weighted by molar-refractivity contribution is -0.345. The summed E-state index contributed by atoms with van der Waals surface area (Å²) < 4.78 is 4.71. The molecule has 0 bridgehead atoms. The van der Waals surface area contributed by atoms with Crippen LogP contribution in [0.5, 0.6) is 0 Å². The van der Waals surface area contributed by atoms with E-state index >= 15 is 0 Å². The number of hydrogen-bond donors (Lipinski definition) is 5. The van der Waals surface area contributed by atoms with Gasteiger partial charge in [0.1, 0.15) is 18.3 Å². The van der Waals surface area contributed by atoms with Crippen LogP contribution >= 0.6 is 12.2 Å². The largest absolute Gasteiger partial charge is 0.394 e. The van der Waals surface area contributed by atoms with Crippen molar-refractivity contribution in [1.29, 1.82) is 0 Å². The first-order valence-corrected chi connectivity index (χ1v) is 4.51. The highest BCUT2D eigenvalue weighted by molar-refractivity contribution is 7.78. The molecule has 1 rings (SSSR count). The predicted molar refractivity (Wildman–Crippen MR) is 50.0 cm³/mol. The zero-order valence-electron chi connectivity index (χ0n) is 7.52. The fourth-order valence-corrected chi connectivity index (χ4v) is 1.43. The Hall–Kier alpha value is -0.440. The van der Waals surface area contributed by atoms with E-state index in [1.165, 1.54) is 0 Å². The number of rotatable bonds is 2. The second-order valence-electron chi connectivity index (χ2n) is 3.13. The van der Waals surface area contributed by atoms with Gasteiger partial charge < -0.3 is 30.3 Å². The highest BCUT2D eigenvalue weighted by atomic mass is 32.1. The van der Waals surface area contributed by atoms with Gasteiger partial charge in [-0.3, -0.25) is 0 Å². The van der Waals surface area contributed by atoms with Crippen LogP contribution in [0.4, 0.5) is 0 Å². The smallest absolute Gasteiger partial charge is 0.305 e. The number of aliphatic hydroxyl groups excluding tert-OH is 4. The monoisotopic (exact) mass is 237 g/mol. The number of aliphatic imine (C=N–C) groups is 1. The highest BCUT2D eigenvalue weighted by Crippen LogP contribution is 2.28. The first kappa shape index (κ1) is 12.6. The van der Waals surface area contributed by atoms with Gasteiger partial charge in [-0.2, -0.15) is 4.99 Å². The molecule has 0 aromatic carbocycles. The lowest BCUT2D eigenvalue weighted by Gasteiger charge is -2.42. The van der Waals surface area contributed by atoms with Crippen LogP contribution in [0.1, 0.15) is 0 Å². The normalized spacial score (nSPS) is 45.9. The van der Waals surface area contributed by atoms with Gasteiger partial charge in [0.2, 0.25) is 0 Å². The molecule has 0 saturated carbocycles. The Morgan fingerprint density at radius 1 is 1.33 bits per heavy atom. The van der Waals surface area contributed by atoms with E-state index in [1.54, 1.807) is 5.16 Å². The highest BCUT2D eigenvalue weighted by Gasteiger charge is 2.53. The van der Waals surface area contributed by atoms with Crippen molar-refractivity contribution >= 4 is 17.4 Å². The maximum Gasteiger partial charge on any atom is 0.305 e. The zero-order valence-corrected chi connectivity index (χ0v) is 8.33. The quantitative estimate of drug-likeness (QED) is 0.260. The van der Waals surface area contributed by atoms with Crippen molar-refractivity contribution in [3.63, 3.8) is 0 Å². The minimum atomic E-state index is -2.49. The van der Waals surface area contributed by atoms with Gasteiger partial charge in [-0.15, -0.1) is 0 Å². The number of ether oxygens (including phenoxy) is 1. The van der Waals surface area contributed by atoms with Crippen molar-refractivity contribution in [3.05, 3.63) is 0 Å². The molecular formula is C7H11NO6S. The van der Waals surface area contributed by atoms with Gasteiger partial charge >= 0.3 is 5.91 Å². The Bertz CT molecular complexity index is 281. The molecule has 0 aliphatic carbocycles. The molecule has 0 aromatic rings. The molecule has 1 heterocycles. The first-order chi connectivity index (χ1) is 6.96. The first-order valence-electron chi connectivity index (χ1n) is 4.10. The van der Waals surface area contributed by atoms with E-state index in [9.17, 15) is 20.4 Å². The molecule has 5 atom stereocenters. The summed E-state index contributed by atoms with van der Waals surface area (Å²) in [5, 5.41) is 48.2. The van der Waals surface area contributed by atoms with E-state index in [2.05, 4.69) is 17.2 Å². The van der Waals surface area contributed by atoms with E-state index in [-0.39, 0.29) is 0 Å². The lowest BCUT2D eigenvalue weighted by Crippen LogP contribution is -2.64. The number of thiocarbonyl (C=S) groups is 1. The topological polar surface area (TPSA) is 123 Å². The molecular weight excluding hydrogens is 226 g/mol. The number of hydrogen-bond acceptors (Lipinski definition) is 8. The third kappa shape index (κ3) is 2.22. The van der Waals surface area contributed by atoms with Crippen molar-refractivity contribution in [2.75, 3.05) is 6.61 Å². The Balaban J connectivity index is 2.97. The second-order valence-corrected chi connectivity index (χ2v) is 3.31. The van der Waals surface area contributed by atoms with Gasteiger partial charge in [-0.05, 0) is 12.2 Å². The minimum absolute atomic E-state index is 0.653. The molecule has 0 spiro atoms. The Kier molecular flexibility index (Phi) is 3.87. The number of aliphatic hydroxyl groups is 5. The summed E-state index contributed by atoms with van der Waals surface area (Å²) in [7, 11) is 0. The Morgan fingerprint density at radius 2 is 1.93 bits per heavy atom. The Morgan fingerprint density at radius 3 is 2.40 bits per heavy atom. The lowest BCUT2D eigenvalue weighted by atomic mass is 9.97. The second kappa shape index (κ2) is 4.60. The van der Waals surface area contributed by atoms with E-state index in [1.807, 2.05) is 0 Å². The summed E-state index contributed by atoms with van der Waals surface area (Å²) in [4.78, 5) is 3.15. The maximum atomic E-state index is 9.58. The summed E-state index contributed by atoms with van der Waals surface area (Å²) >= 11 is 4.23. The molecule has 0 unspecified atom stereocenters. The van der Waals surface area contributed by atoms with Crippen molar-refractivity contribution < 1.29 is 30.3 Å². The molecule has 1 saturated heterocycles. The molecule has 1 fully saturated rings. The zero-order chi connectivity index (χ0) is 11.6. The van der Waals surface area contributed by atoms with Crippen molar-refractivity contribution in [2.45, 2.75) is 30.3 Å². The SMILES string of the molecule is OC[C@H]1O[C@](O)(N=C=S)[C@@H](O)[C@@H](O)[C@@H]1O. The predicted octanol–water partition coefficient (Wildman–Crippen LogP) is -2.79. The van der Waals surface area contributed by atoms with E-state index in [4.69, 9.17) is 9.84 Å². The molecule has 0 radical (unpaired) electrons. The van der Waals surface area contributed by atoms with Gasteiger partial charge in [0, 0.05) is 0 Å². The van der Waals surface area contributed by atoms with Crippen LogP contribution in [0.3, 0.4) is 0 Å². The van der Waals surface area contributed by atoms with Crippen LogP contribution < -0.4 is 0 Å². The fourth-order valence-electron chi connectivity index (χ4n) is 1.29. The summed E-state index contributed by atoms with van der Waals surface area (Å²) in [6, 6.07) is 0. The molecule has 5 N–H and O–H groups in total. The number of nitrogens with zero attached hydrogens (tertiary/aromatic N) is 1. The molecule has 1 aliphatic heterocycles. The summed E-state index contributed by atoms with van der Waals surface area (Å²) in [6.07, 6.45) is -6.36. The summed E-state index contributed by atoms with van der Waals surface area (Å²) in [5.74, 6) is -2.49. The molecule has 15 heavy (non-hydrogen) atoms. The van der Waals surface area contributed by atoms with Crippen LogP contribution in [-0.4, -0.2) is 67.6 Å². The summed E-state index contributed by atoms with van der Waals surface area (Å²) in [5.41, 5.74) is 0. The molecule has 0 amide bonds. The van der Waals surface area contributed by atoms with E-state index in [0.29, 0.717) is 0 Å². The van der Waals surface area contributed by atoms with Gasteiger partial charge in [0.05, 0.1) is 11.8 Å². The van der Waals surface area contributed by atoms with Crippen molar-refractivity contribution in [2.24, 2.45) is 4.99 Å². The van der Waals surface area contributed by atoms with Gasteiger partial charge in [0.25, 0.3) is 0 Å². The average Bonchev–Trinajstić information content (AvgIpc) is 2.21. The standard InChI is InChI=1S/C7H11NO6S/c9-1-3-4(10)5(11)6(12)7(13,14-3)8-2-15/h3-6,9-13H,1H2/t3-,4-,5+,6+,7+/m1/s1. The van der Waals surface area contributed by atoms with Crippen LogP contribution in [0.25, 0.3) is 0 Å². The summed E-state index contributed by atoms with van der Waals surface area (Å²) in [6.45, 7) is -0.653. The van der Waals surface area contributed by atoms with Crippen LogP contribution in [0, 0.1) is 0 Å². The van der Waals surface area contributed by atoms with Crippen LogP contribution in [0.2, 0.25) is 0 Å². The van der Waals surface area contributed by atoms with Crippen molar-refractivity contribution in [1.82, 2.24) is 0 Å². The van der Waals surface area contributed by atoms with Crippen molar-refractivity contribution in [3.8, 4) is 0 Å². The van der Waals surface area contributed by atoms with Gasteiger partial charge in [0.15, 0.2) is 6.10 Å². The average molecular weight is 237 g/mol. The van der Waals surface area contributed by atoms with E-state index in [0.717, 1.165) is 0 Å². The Labute approximate surface area is 90.3 Å². The minimum Gasteiger partial charge on any atom is -0.394 e. The third-order valence-corrected chi connectivity index (χ3v) is 2.24. The van der Waals surface area contributed by atoms with Gasteiger partial charge in [-0.1, -0.05) is 0 Å². The fraction of sp³-hybridized carbons (Fsp3) is 0.857. The molecule has 0 aromatic heterocycles. The molecule has 7 nitrogen and oxygen atoms in total. The molecule has 1 aliphatic rings. The van der Waals surface area contributed by atoms with Crippen LogP contribution in [0.15, 0.2) is 4.99 Å². The van der Waals surface area contributed by atoms with Crippen LogP contribution in [-0.2, 0) is 4.74 Å². The third-order valence-electron chi connectivity index (χ3n) is 2.15. The molecule has 86 valence electrons.